The molecule has 3 heterocycles. The van der Waals surface area contributed by atoms with Gasteiger partial charge in [-0.05, 0) is 31.0 Å². The molecule has 0 bridgehead atoms. The minimum atomic E-state index is -3.10. The summed E-state index contributed by atoms with van der Waals surface area (Å²) < 4.78 is 49.7. The van der Waals surface area contributed by atoms with Crippen molar-refractivity contribution >= 4 is 11.6 Å². The number of fused-ring (bicyclic) bond motifs is 1. The van der Waals surface area contributed by atoms with E-state index in [9.17, 15) is 13.6 Å². The molecule has 1 saturated heterocycles. The lowest BCUT2D eigenvalue weighted by Crippen LogP contribution is -2.38. The summed E-state index contributed by atoms with van der Waals surface area (Å²) in [7, 11) is 1.38. The zero-order chi connectivity index (χ0) is 25.1. The van der Waals surface area contributed by atoms with E-state index in [1.54, 1.807) is 22.9 Å². The van der Waals surface area contributed by atoms with Gasteiger partial charge in [0.25, 0.3) is 5.91 Å². The summed E-state index contributed by atoms with van der Waals surface area (Å²) in [4.78, 5) is 19.5. The Bertz CT molecular complexity index is 1220. The molecule has 2 aromatic heterocycles. The fourth-order valence-corrected chi connectivity index (χ4v) is 4.18. The number of hydrogen-bond acceptors (Lipinski definition) is 7. The second-order valence-electron chi connectivity index (χ2n) is 8.71. The van der Waals surface area contributed by atoms with Crippen LogP contribution < -0.4 is 19.5 Å². The minimum Gasteiger partial charge on any atom is -0.496 e. The molecule has 2 fully saturated rings. The van der Waals surface area contributed by atoms with Crippen LogP contribution in [-0.2, 0) is 4.74 Å². The number of nitrogens with one attached hydrogen (secondary N) is 1. The molecule has 11 heteroatoms. The predicted molar refractivity (Wildman–Crippen MR) is 127 cm³/mol. The molecule has 1 aromatic carbocycles. The molecular weight excluding hydrogens is 474 g/mol. The predicted octanol–water partition coefficient (Wildman–Crippen LogP) is 3.21. The Morgan fingerprint density at radius 1 is 1.22 bits per heavy atom. The van der Waals surface area contributed by atoms with E-state index in [4.69, 9.17) is 18.9 Å². The molecule has 0 radical (unpaired) electrons. The van der Waals surface area contributed by atoms with Crippen LogP contribution in [0.4, 0.5) is 8.78 Å². The number of carbonyl (C=O) groups excluding carboxylic acids is 1. The van der Waals surface area contributed by atoms with Crippen LogP contribution in [0.25, 0.3) is 16.9 Å². The van der Waals surface area contributed by atoms with Crippen LogP contribution in [0, 0.1) is 0 Å². The molecule has 36 heavy (non-hydrogen) atoms. The van der Waals surface area contributed by atoms with Gasteiger partial charge in [-0.1, -0.05) is 0 Å². The van der Waals surface area contributed by atoms with Crippen LogP contribution in [0.3, 0.4) is 0 Å². The molecule has 2 aliphatic rings. The Kier molecular flexibility index (Phi) is 7.19. The van der Waals surface area contributed by atoms with E-state index >= 15 is 0 Å². The fourth-order valence-electron chi connectivity index (χ4n) is 4.18. The quantitative estimate of drug-likeness (QED) is 0.456. The van der Waals surface area contributed by atoms with Gasteiger partial charge in [-0.2, -0.15) is 8.78 Å². The lowest BCUT2D eigenvalue weighted by atomic mass is 10.1. The average molecular weight is 503 g/mol. The Hall–Kier alpha value is -3.44. The maximum Gasteiger partial charge on any atom is 0.387 e. The average Bonchev–Trinajstić information content (AvgIpc) is 3.58. The third kappa shape index (κ3) is 5.52. The molecule has 1 amide bonds. The van der Waals surface area contributed by atoms with Crippen molar-refractivity contribution in [3.8, 4) is 28.5 Å². The minimum absolute atomic E-state index is 0.0466. The lowest BCUT2D eigenvalue weighted by Gasteiger charge is -2.26. The molecule has 1 N–H and O–H groups in total. The van der Waals surface area contributed by atoms with Gasteiger partial charge in [-0.3, -0.25) is 14.1 Å². The maximum atomic E-state index is 13.2. The first-order chi connectivity index (χ1) is 17.5. The first-order valence-corrected chi connectivity index (χ1v) is 11.9. The molecule has 192 valence electrons. The van der Waals surface area contributed by atoms with Crippen molar-refractivity contribution in [3.63, 3.8) is 0 Å². The number of amides is 1. The summed E-state index contributed by atoms with van der Waals surface area (Å²) >= 11 is 0. The third-order valence-electron chi connectivity index (χ3n) is 6.20. The monoisotopic (exact) mass is 502 g/mol. The van der Waals surface area contributed by atoms with Crippen LogP contribution in [0.1, 0.15) is 23.2 Å². The summed E-state index contributed by atoms with van der Waals surface area (Å²) in [6, 6.07) is 6.71. The molecular formula is C25H28F2N4O5. The first-order valence-electron chi connectivity index (χ1n) is 11.9. The summed E-state index contributed by atoms with van der Waals surface area (Å²) in [6.45, 7) is 1.52. The summed E-state index contributed by atoms with van der Waals surface area (Å²) in [5.74, 6) is 0.0581. The number of halogens is 2. The second-order valence-corrected chi connectivity index (χ2v) is 8.71. The summed E-state index contributed by atoms with van der Waals surface area (Å²) in [5.41, 5.74) is 1.70. The van der Waals surface area contributed by atoms with Crippen LogP contribution in [-0.4, -0.2) is 79.4 Å². The number of rotatable bonds is 10. The Morgan fingerprint density at radius 2 is 2.00 bits per heavy atom. The molecule has 0 unspecified atom stereocenters. The van der Waals surface area contributed by atoms with E-state index in [1.165, 1.54) is 13.2 Å². The number of carbonyl (C=O) groups is 1. The van der Waals surface area contributed by atoms with E-state index in [0.29, 0.717) is 29.3 Å². The normalized spacial score (nSPS) is 16.3. The van der Waals surface area contributed by atoms with Crippen molar-refractivity contribution in [2.75, 3.05) is 46.6 Å². The van der Waals surface area contributed by atoms with Gasteiger partial charge in [0.15, 0.2) is 0 Å². The van der Waals surface area contributed by atoms with E-state index in [0.717, 1.165) is 45.7 Å². The zero-order valence-electron chi connectivity index (χ0n) is 19.9. The van der Waals surface area contributed by atoms with Gasteiger partial charge < -0.3 is 24.3 Å². The van der Waals surface area contributed by atoms with Gasteiger partial charge in [0.05, 0.1) is 32.2 Å². The smallest absolute Gasteiger partial charge is 0.387 e. The fraction of sp³-hybridized carbons (Fsp3) is 0.440. The number of alkyl halides is 2. The molecule has 1 aliphatic carbocycles. The zero-order valence-corrected chi connectivity index (χ0v) is 19.9. The van der Waals surface area contributed by atoms with Gasteiger partial charge in [-0.15, -0.1) is 0 Å². The molecule has 0 atom stereocenters. The number of hydrogen-bond donors (Lipinski definition) is 1. The van der Waals surface area contributed by atoms with Gasteiger partial charge in [-0.25, -0.2) is 4.98 Å². The molecule has 1 aliphatic heterocycles. The van der Waals surface area contributed by atoms with Crippen LogP contribution in [0.2, 0.25) is 0 Å². The molecule has 3 aromatic rings. The van der Waals surface area contributed by atoms with Crippen LogP contribution >= 0.6 is 0 Å². The Balaban J connectivity index is 1.39. The number of nitrogens with zero attached hydrogens (tertiary/aromatic N) is 3. The van der Waals surface area contributed by atoms with Crippen molar-refractivity contribution in [2.45, 2.75) is 25.5 Å². The van der Waals surface area contributed by atoms with E-state index in [1.807, 2.05) is 12.1 Å². The molecule has 0 spiro atoms. The number of aromatic nitrogens is 2. The molecule has 5 rings (SSSR count). The second kappa shape index (κ2) is 10.7. The largest absolute Gasteiger partial charge is 0.496 e. The Labute approximate surface area is 206 Å². The van der Waals surface area contributed by atoms with Crippen LogP contribution in [0.5, 0.6) is 17.2 Å². The topological polar surface area (TPSA) is 86.6 Å². The van der Waals surface area contributed by atoms with E-state index in [-0.39, 0.29) is 23.1 Å². The first kappa shape index (κ1) is 24.3. The Morgan fingerprint density at radius 3 is 2.72 bits per heavy atom. The van der Waals surface area contributed by atoms with Crippen molar-refractivity contribution in [3.05, 3.63) is 42.2 Å². The third-order valence-corrected chi connectivity index (χ3v) is 6.20. The van der Waals surface area contributed by atoms with Gasteiger partial charge in [0.1, 0.15) is 35.1 Å². The number of morpholine rings is 1. The van der Waals surface area contributed by atoms with Crippen molar-refractivity contribution < 1.29 is 32.5 Å². The van der Waals surface area contributed by atoms with Gasteiger partial charge in [0.2, 0.25) is 0 Å². The van der Waals surface area contributed by atoms with Gasteiger partial charge in [0, 0.05) is 43.5 Å². The number of ether oxygens (including phenoxy) is 4. The maximum absolute atomic E-state index is 13.2. The summed E-state index contributed by atoms with van der Waals surface area (Å²) in [5, 5.41) is 2.80. The highest BCUT2D eigenvalue weighted by molar-refractivity contribution is 6.01. The number of methoxy groups -OCH3 is 1. The number of benzene rings is 1. The SMILES string of the molecule is COc1cc(-c2cnc3cc(OCCN4CCOCC4)ccn23)cc(OC(F)F)c1C(=O)NC1CC1. The number of pyridine rings is 1. The highest BCUT2D eigenvalue weighted by atomic mass is 19.3. The van der Waals surface area contributed by atoms with E-state index < -0.39 is 12.5 Å². The molecule has 9 nitrogen and oxygen atoms in total. The van der Waals surface area contributed by atoms with Crippen molar-refractivity contribution in [1.82, 2.24) is 19.6 Å². The lowest BCUT2D eigenvalue weighted by molar-refractivity contribution is -0.0502. The standard InChI is InChI=1S/C25H28F2N4O5/c1-33-20-12-16(13-21(36-25(26)27)23(20)24(32)29-17-2-3-17)19-15-28-22-14-18(4-5-31(19)22)35-11-8-30-6-9-34-10-7-30/h4-5,12-15,17,25H,2-3,6-11H2,1H3,(H,29,32). The highest BCUT2D eigenvalue weighted by Crippen LogP contribution is 2.37. The van der Waals surface area contributed by atoms with E-state index in [2.05, 4.69) is 15.2 Å². The summed E-state index contributed by atoms with van der Waals surface area (Å²) in [6.07, 6.45) is 5.14. The number of imidazole rings is 1. The van der Waals surface area contributed by atoms with Crippen molar-refractivity contribution in [2.24, 2.45) is 0 Å². The highest BCUT2D eigenvalue weighted by Gasteiger charge is 2.29. The van der Waals surface area contributed by atoms with Gasteiger partial charge >= 0.3 is 6.61 Å². The van der Waals surface area contributed by atoms with Crippen LogP contribution in [0.15, 0.2) is 36.7 Å². The van der Waals surface area contributed by atoms with Crippen molar-refractivity contribution in [1.29, 1.82) is 0 Å². The molecule has 1 saturated carbocycles.